The number of carboxylic acid groups (broad SMARTS) is 2. The van der Waals surface area contributed by atoms with E-state index in [0.29, 0.717) is 0 Å². The molecule has 5 nitrogen and oxygen atoms in total. The van der Waals surface area contributed by atoms with E-state index in [9.17, 15) is 14.7 Å². The number of carbonyl (C=O) groups is 2. The summed E-state index contributed by atoms with van der Waals surface area (Å²) in [6.45, 7) is 4.42. The summed E-state index contributed by atoms with van der Waals surface area (Å²) >= 11 is 0. The third-order valence-corrected chi connectivity index (χ3v) is 0.553. The van der Waals surface area contributed by atoms with Gasteiger partial charge in [-0.05, 0) is 0 Å². The number of hydrogen-bond donors (Lipinski definition) is 2. The van der Waals surface area contributed by atoms with Crippen molar-refractivity contribution in [1.82, 2.24) is 0 Å². The summed E-state index contributed by atoms with van der Waals surface area (Å²) in [5, 5.41) is 25.1. The van der Waals surface area contributed by atoms with Gasteiger partial charge in [0.2, 0.25) is 0 Å². The van der Waals surface area contributed by atoms with Crippen LogP contribution in [0.2, 0.25) is 0 Å². The summed E-state index contributed by atoms with van der Waals surface area (Å²) in [6.07, 6.45) is -0.593. The number of aliphatic carboxylic acids is 2. The molecule has 0 rings (SSSR count). The highest BCUT2D eigenvalue weighted by Crippen LogP contribution is 1.86. The lowest BCUT2D eigenvalue weighted by atomic mass is 10.3. The van der Waals surface area contributed by atoms with Crippen LogP contribution in [0.3, 0.4) is 0 Å². The molecule has 0 radical (unpaired) electrons. The molecule has 0 bridgehead atoms. The number of hydrogen-bond acceptors (Lipinski definition) is 3. The molecular weight excluding hydrogens is 164 g/mol. The first-order valence-corrected chi connectivity index (χ1v) is 3.12. The van der Waals surface area contributed by atoms with Crippen LogP contribution in [0.15, 0.2) is 12.3 Å². The molecule has 0 aromatic carbocycles. The van der Waals surface area contributed by atoms with E-state index in [2.05, 4.69) is 6.58 Å². The van der Waals surface area contributed by atoms with Crippen LogP contribution in [0.5, 0.6) is 0 Å². The molecule has 0 unspecified atom stereocenters. The molecule has 0 heterocycles. The van der Waals surface area contributed by atoms with Gasteiger partial charge in [0.25, 0.3) is 0 Å². The fourth-order valence-corrected chi connectivity index (χ4v) is 0.214. The fourth-order valence-electron chi connectivity index (χ4n) is 0.214. The van der Waals surface area contributed by atoms with E-state index in [1.807, 2.05) is 0 Å². The molecule has 0 aliphatic rings. The van der Waals surface area contributed by atoms with E-state index in [4.69, 9.17) is 10.2 Å². The van der Waals surface area contributed by atoms with Gasteiger partial charge < -0.3 is 15.3 Å². The zero-order chi connectivity index (χ0) is 10.1. The van der Waals surface area contributed by atoms with E-state index in [1.165, 1.54) is 6.92 Å². The maximum Gasteiger partial charge on any atom is 0.303 e. The second kappa shape index (κ2) is 7.59. The minimum atomic E-state index is -1.08. The van der Waals surface area contributed by atoms with Crippen molar-refractivity contribution in [2.45, 2.75) is 19.8 Å². The van der Waals surface area contributed by atoms with Crippen LogP contribution in [0, 0.1) is 0 Å². The Morgan fingerprint density at radius 1 is 1.25 bits per heavy atom. The number of allylic oxidation sites excluding steroid dienone is 1. The summed E-state index contributed by atoms with van der Waals surface area (Å²) < 4.78 is 0. The zero-order valence-corrected chi connectivity index (χ0v) is 6.74. The van der Waals surface area contributed by atoms with Crippen molar-refractivity contribution in [2.24, 2.45) is 0 Å². The Morgan fingerprint density at radius 2 is 1.42 bits per heavy atom. The van der Waals surface area contributed by atoms with Gasteiger partial charge in [-0.2, -0.15) is 0 Å². The molecule has 5 heteroatoms. The van der Waals surface area contributed by atoms with Crippen molar-refractivity contribution < 1.29 is 24.9 Å². The maximum absolute atomic E-state index is 9.64. The van der Waals surface area contributed by atoms with Gasteiger partial charge in [-0.3, -0.25) is 9.59 Å². The Labute approximate surface area is 70.0 Å². The molecule has 0 amide bonds. The van der Waals surface area contributed by atoms with Crippen LogP contribution < -0.4 is 5.11 Å². The zero-order valence-electron chi connectivity index (χ0n) is 6.74. The molecule has 0 aromatic heterocycles. The molecule has 0 aromatic rings. The van der Waals surface area contributed by atoms with Gasteiger partial charge in [0, 0.05) is 0 Å². The molecule has 0 aliphatic heterocycles. The van der Waals surface area contributed by atoms with Crippen molar-refractivity contribution in [3.63, 3.8) is 0 Å². The molecule has 0 spiro atoms. The van der Waals surface area contributed by atoms with Crippen LogP contribution in [0.25, 0.3) is 0 Å². The van der Waals surface area contributed by atoms with Gasteiger partial charge in [-0.15, -0.1) is 12.3 Å². The van der Waals surface area contributed by atoms with E-state index >= 15 is 0 Å². The summed E-state index contributed by atoms with van der Waals surface area (Å²) in [7, 11) is 0. The Balaban J connectivity index is 0. The summed E-state index contributed by atoms with van der Waals surface area (Å²) in [6, 6.07) is 0. The van der Waals surface area contributed by atoms with E-state index in [-0.39, 0.29) is 18.6 Å². The highest BCUT2D eigenvalue weighted by Gasteiger charge is 2.00. The van der Waals surface area contributed by atoms with Crippen LogP contribution in [0.4, 0.5) is 0 Å². The second-order valence-corrected chi connectivity index (χ2v) is 1.99. The van der Waals surface area contributed by atoms with Gasteiger partial charge in [0.15, 0.2) is 0 Å². The standard InChI is InChI=1S/C4H6O4.C3H6O/c5-3(6)1-2-4(7)8;1-3(2)4/h1-2H2,(H,5,6)(H,7,8);4H,1H2,2H3/p-1. The third-order valence-electron chi connectivity index (χ3n) is 0.553. The van der Waals surface area contributed by atoms with Crippen LogP contribution in [-0.2, 0) is 9.59 Å². The molecule has 70 valence electrons. The Morgan fingerprint density at radius 3 is 1.50 bits per heavy atom. The summed E-state index contributed by atoms with van der Waals surface area (Å²) in [4.78, 5) is 19.3. The first-order valence-electron chi connectivity index (χ1n) is 3.12. The lowest BCUT2D eigenvalue weighted by Gasteiger charge is -1.92. The van der Waals surface area contributed by atoms with E-state index < -0.39 is 11.9 Å². The van der Waals surface area contributed by atoms with Crippen LogP contribution in [0.1, 0.15) is 19.8 Å². The second-order valence-electron chi connectivity index (χ2n) is 1.99. The molecule has 0 saturated carbocycles. The topological polar surface area (TPSA) is 97.7 Å². The quantitative estimate of drug-likeness (QED) is 0.579. The molecule has 0 atom stereocenters. The number of rotatable bonds is 3. The van der Waals surface area contributed by atoms with Crippen molar-refractivity contribution in [1.29, 1.82) is 0 Å². The summed E-state index contributed by atoms with van der Waals surface area (Å²) in [5.74, 6) is -2.24. The van der Waals surface area contributed by atoms with Crippen LogP contribution >= 0.6 is 0 Å². The van der Waals surface area contributed by atoms with Crippen LogP contribution in [-0.4, -0.2) is 22.2 Å². The smallest absolute Gasteiger partial charge is 0.303 e. The molecule has 0 fully saturated rings. The Kier molecular flexibility index (Phi) is 8.28. The highest BCUT2D eigenvalue weighted by atomic mass is 16.4. The fraction of sp³-hybridized carbons (Fsp3) is 0.429. The van der Waals surface area contributed by atoms with Gasteiger partial charge in [0.1, 0.15) is 0 Å². The van der Waals surface area contributed by atoms with Crippen molar-refractivity contribution in [3.05, 3.63) is 12.3 Å². The first-order chi connectivity index (χ1) is 5.36. The van der Waals surface area contributed by atoms with Gasteiger partial charge in [0.05, 0.1) is 12.8 Å². The molecule has 0 saturated heterocycles. The SMILES string of the molecule is C=C(C)[O-].O=C(O)CCC(=O)O. The Hall–Kier alpha value is -1.52. The minimum absolute atomic E-state index is 0.0833. The van der Waals surface area contributed by atoms with Gasteiger partial charge in [-0.25, -0.2) is 0 Å². The van der Waals surface area contributed by atoms with E-state index in [0.717, 1.165) is 0 Å². The number of carboxylic acids is 2. The van der Waals surface area contributed by atoms with Crippen molar-refractivity contribution in [2.75, 3.05) is 0 Å². The van der Waals surface area contributed by atoms with E-state index in [1.54, 1.807) is 0 Å². The average Bonchev–Trinajstić information content (AvgIpc) is 1.82. The highest BCUT2D eigenvalue weighted by molar-refractivity contribution is 5.75. The lowest BCUT2D eigenvalue weighted by molar-refractivity contribution is -0.300. The van der Waals surface area contributed by atoms with Gasteiger partial charge >= 0.3 is 11.9 Å². The lowest BCUT2D eigenvalue weighted by Crippen LogP contribution is -2.00. The molecular formula is C7H11O5-. The first kappa shape index (κ1) is 13.1. The van der Waals surface area contributed by atoms with Gasteiger partial charge in [-0.1, -0.05) is 6.92 Å². The van der Waals surface area contributed by atoms with Crippen molar-refractivity contribution >= 4 is 11.9 Å². The molecule has 12 heavy (non-hydrogen) atoms. The maximum atomic E-state index is 9.64. The normalized spacial score (nSPS) is 7.75. The Bertz CT molecular complexity index is 155. The molecule has 2 N–H and O–H groups in total. The largest absolute Gasteiger partial charge is 0.876 e. The average molecular weight is 175 g/mol. The molecule has 0 aliphatic carbocycles. The predicted molar refractivity (Wildman–Crippen MR) is 39.3 cm³/mol. The third kappa shape index (κ3) is 39.2. The van der Waals surface area contributed by atoms with Crippen molar-refractivity contribution in [3.8, 4) is 0 Å². The minimum Gasteiger partial charge on any atom is -0.876 e. The monoisotopic (exact) mass is 175 g/mol. The summed E-state index contributed by atoms with van der Waals surface area (Å²) in [5.41, 5.74) is 0. The predicted octanol–water partition coefficient (Wildman–Crippen LogP) is -0.184.